The van der Waals surface area contributed by atoms with Crippen molar-refractivity contribution >= 4 is 11.6 Å². The normalized spacial score (nSPS) is 26.1. The zero-order valence-corrected chi connectivity index (χ0v) is 12.0. The van der Waals surface area contributed by atoms with Crippen LogP contribution in [-0.2, 0) is 19.0 Å². The molecule has 0 spiro atoms. The summed E-state index contributed by atoms with van der Waals surface area (Å²) < 4.78 is 16.2. The van der Waals surface area contributed by atoms with Crippen LogP contribution >= 0.6 is 0 Å². The molecule has 0 aromatic heterocycles. The van der Waals surface area contributed by atoms with Crippen molar-refractivity contribution in [2.75, 3.05) is 32.2 Å². The second kappa shape index (κ2) is 6.53. The SMILES string of the molecule is COC1CNC(C(=O)Nc2cccc(C3OCCO3)c2)C1. The summed E-state index contributed by atoms with van der Waals surface area (Å²) in [5.41, 5.74) is 1.67. The standard InChI is InChI=1S/C15H20N2O4/c1-19-12-8-13(16-9-12)14(18)17-11-4-2-3-10(7-11)15-20-5-6-21-15/h2-4,7,12-13,15-16H,5-6,8-9H2,1H3,(H,17,18). The predicted molar refractivity (Wildman–Crippen MR) is 76.9 cm³/mol. The summed E-state index contributed by atoms with van der Waals surface area (Å²) in [5, 5.41) is 6.09. The van der Waals surface area contributed by atoms with Crippen LogP contribution in [0.3, 0.4) is 0 Å². The van der Waals surface area contributed by atoms with Crippen molar-refractivity contribution < 1.29 is 19.0 Å². The zero-order valence-electron chi connectivity index (χ0n) is 12.0. The van der Waals surface area contributed by atoms with Crippen LogP contribution in [0.1, 0.15) is 18.3 Å². The second-order valence-corrected chi connectivity index (χ2v) is 5.24. The van der Waals surface area contributed by atoms with Crippen molar-refractivity contribution in [2.24, 2.45) is 0 Å². The molecule has 2 atom stereocenters. The Morgan fingerprint density at radius 2 is 2.19 bits per heavy atom. The Hall–Kier alpha value is -1.47. The monoisotopic (exact) mass is 292 g/mol. The third-order valence-electron chi connectivity index (χ3n) is 3.79. The first-order valence-corrected chi connectivity index (χ1v) is 7.16. The number of carbonyl (C=O) groups is 1. The average molecular weight is 292 g/mol. The fraction of sp³-hybridized carbons (Fsp3) is 0.533. The van der Waals surface area contributed by atoms with E-state index in [1.54, 1.807) is 7.11 Å². The molecule has 6 nitrogen and oxygen atoms in total. The molecule has 2 N–H and O–H groups in total. The highest BCUT2D eigenvalue weighted by Gasteiger charge is 2.29. The van der Waals surface area contributed by atoms with Gasteiger partial charge in [-0.25, -0.2) is 0 Å². The molecule has 2 unspecified atom stereocenters. The van der Waals surface area contributed by atoms with Crippen molar-refractivity contribution in [1.29, 1.82) is 0 Å². The molecular formula is C15H20N2O4. The highest BCUT2D eigenvalue weighted by molar-refractivity contribution is 5.95. The van der Waals surface area contributed by atoms with E-state index in [4.69, 9.17) is 14.2 Å². The van der Waals surface area contributed by atoms with Gasteiger partial charge in [-0.3, -0.25) is 4.79 Å². The molecule has 2 aliphatic rings. The molecule has 0 aliphatic carbocycles. The fourth-order valence-electron chi connectivity index (χ4n) is 2.63. The first-order chi connectivity index (χ1) is 10.3. The van der Waals surface area contributed by atoms with Crippen molar-refractivity contribution in [3.05, 3.63) is 29.8 Å². The summed E-state index contributed by atoms with van der Waals surface area (Å²) in [4.78, 5) is 12.2. The van der Waals surface area contributed by atoms with E-state index in [0.717, 1.165) is 11.3 Å². The minimum absolute atomic E-state index is 0.0417. The van der Waals surface area contributed by atoms with E-state index < -0.39 is 0 Å². The summed E-state index contributed by atoms with van der Waals surface area (Å²) in [6.45, 7) is 1.91. The molecule has 2 heterocycles. The van der Waals surface area contributed by atoms with Crippen LogP contribution < -0.4 is 10.6 Å². The number of methoxy groups -OCH3 is 1. The summed E-state index contributed by atoms with van der Waals surface area (Å²) in [5.74, 6) is -0.0417. The minimum Gasteiger partial charge on any atom is -0.380 e. The molecule has 0 saturated carbocycles. The van der Waals surface area contributed by atoms with Gasteiger partial charge in [-0.05, 0) is 18.6 Å². The third-order valence-corrected chi connectivity index (χ3v) is 3.79. The number of anilines is 1. The molecule has 1 aromatic rings. The van der Waals surface area contributed by atoms with Gasteiger partial charge in [0.2, 0.25) is 5.91 Å². The van der Waals surface area contributed by atoms with Gasteiger partial charge in [0.25, 0.3) is 0 Å². The molecule has 1 aromatic carbocycles. The molecule has 6 heteroatoms. The van der Waals surface area contributed by atoms with Crippen molar-refractivity contribution in [2.45, 2.75) is 24.9 Å². The Morgan fingerprint density at radius 3 is 2.90 bits per heavy atom. The van der Waals surface area contributed by atoms with Crippen LogP contribution in [0.25, 0.3) is 0 Å². The van der Waals surface area contributed by atoms with Crippen molar-refractivity contribution in [1.82, 2.24) is 5.32 Å². The molecule has 0 bridgehead atoms. The molecule has 2 saturated heterocycles. The van der Waals surface area contributed by atoms with Gasteiger partial charge in [0.05, 0.1) is 25.4 Å². The van der Waals surface area contributed by atoms with Gasteiger partial charge in [-0.2, -0.15) is 0 Å². The van der Waals surface area contributed by atoms with Gasteiger partial charge in [0.1, 0.15) is 0 Å². The lowest BCUT2D eigenvalue weighted by Gasteiger charge is -2.14. The van der Waals surface area contributed by atoms with Crippen LogP contribution in [0.2, 0.25) is 0 Å². The third kappa shape index (κ3) is 3.41. The minimum atomic E-state index is -0.329. The molecule has 0 radical (unpaired) electrons. The number of amides is 1. The smallest absolute Gasteiger partial charge is 0.241 e. The first-order valence-electron chi connectivity index (χ1n) is 7.16. The van der Waals surface area contributed by atoms with Crippen LogP contribution in [0, 0.1) is 0 Å². The number of ether oxygens (including phenoxy) is 3. The number of benzene rings is 1. The molecule has 2 fully saturated rings. The van der Waals surface area contributed by atoms with Gasteiger partial charge in [-0.1, -0.05) is 12.1 Å². The van der Waals surface area contributed by atoms with Crippen LogP contribution in [0.15, 0.2) is 24.3 Å². The fourth-order valence-corrected chi connectivity index (χ4v) is 2.63. The summed E-state index contributed by atoms with van der Waals surface area (Å²) >= 11 is 0. The topological polar surface area (TPSA) is 68.8 Å². The summed E-state index contributed by atoms with van der Waals surface area (Å²) in [7, 11) is 1.66. The van der Waals surface area contributed by atoms with E-state index in [1.807, 2.05) is 24.3 Å². The molecular weight excluding hydrogens is 272 g/mol. The lowest BCUT2D eigenvalue weighted by Crippen LogP contribution is -2.35. The second-order valence-electron chi connectivity index (χ2n) is 5.24. The molecule has 21 heavy (non-hydrogen) atoms. The first kappa shape index (κ1) is 14.5. The molecule has 1 amide bonds. The molecule has 2 aliphatic heterocycles. The Labute approximate surface area is 123 Å². The number of rotatable bonds is 4. The van der Waals surface area contributed by atoms with Gasteiger partial charge in [0, 0.05) is 24.9 Å². The maximum absolute atomic E-state index is 12.2. The summed E-state index contributed by atoms with van der Waals surface area (Å²) in [6, 6.07) is 7.35. The van der Waals surface area contributed by atoms with Crippen LogP contribution in [0.5, 0.6) is 0 Å². The van der Waals surface area contributed by atoms with Crippen molar-refractivity contribution in [3.63, 3.8) is 0 Å². The largest absolute Gasteiger partial charge is 0.380 e. The Bertz CT molecular complexity index is 502. The predicted octanol–water partition coefficient (Wildman–Crippen LogP) is 1.05. The van der Waals surface area contributed by atoms with Gasteiger partial charge in [-0.15, -0.1) is 0 Å². The number of hydrogen-bond acceptors (Lipinski definition) is 5. The average Bonchev–Trinajstić information content (AvgIpc) is 3.19. The quantitative estimate of drug-likeness (QED) is 0.868. The van der Waals surface area contributed by atoms with Crippen molar-refractivity contribution in [3.8, 4) is 0 Å². The molecule has 3 rings (SSSR count). The highest BCUT2D eigenvalue weighted by Crippen LogP contribution is 2.25. The maximum atomic E-state index is 12.2. The Kier molecular flexibility index (Phi) is 4.50. The van der Waals surface area contributed by atoms with E-state index in [-0.39, 0.29) is 24.3 Å². The van der Waals surface area contributed by atoms with Crippen LogP contribution in [-0.4, -0.2) is 44.9 Å². The number of nitrogens with one attached hydrogen (secondary N) is 2. The number of carbonyl (C=O) groups excluding carboxylic acids is 1. The van der Waals surface area contributed by atoms with Crippen LogP contribution in [0.4, 0.5) is 5.69 Å². The van der Waals surface area contributed by atoms with Gasteiger partial charge in [0.15, 0.2) is 6.29 Å². The van der Waals surface area contributed by atoms with E-state index in [0.29, 0.717) is 26.2 Å². The van der Waals surface area contributed by atoms with Gasteiger partial charge >= 0.3 is 0 Å². The Balaban J connectivity index is 1.62. The summed E-state index contributed by atoms with van der Waals surface area (Å²) in [6.07, 6.45) is 0.466. The van der Waals surface area contributed by atoms with E-state index in [1.165, 1.54) is 0 Å². The van der Waals surface area contributed by atoms with E-state index in [9.17, 15) is 4.79 Å². The van der Waals surface area contributed by atoms with Gasteiger partial charge < -0.3 is 24.8 Å². The number of hydrogen-bond donors (Lipinski definition) is 2. The lowest BCUT2D eigenvalue weighted by atomic mass is 10.1. The van der Waals surface area contributed by atoms with E-state index in [2.05, 4.69) is 10.6 Å². The Morgan fingerprint density at radius 1 is 1.38 bits per heavy atom. The maximum Gasteiger partial charge on any atom is 0.241 e. The highest BCUT2D eigenvalue weighted by atomic mass is 16.7. The molecule has 114 valence electrons. The lowest BCUT2D eigenvalue weighted by molar-refractivity contribution is -0.118. The zero-order chi connectivity index (χ0) is 14.7. The van der Waals surface area contributed by atoms with E-state index >= 15 is 0 Å².